The molecule has 0 unspecified atom stereocenters. The van der Waals surface area contributed by atoms with Crippen LogP contribution in [0, 0.1) is 0 Å². The van der Waals surface area contributed by atoms with Gasteiger partial charge >= 0.3 is 0 Å². The van der Waals surface area contributed by atoms with Crippen LogP contribution < -0.4 is 10.6 Å². The standard InChI is InChI=1S/C15H20N4O/c1-12(2)17-8-7-15(20)18-13-5-3-4-6-14(13)19-10-9-16-11-19/h3-6,9-12,17H,7-8H2,1-2H3,(H,18,20). The highest BCUT2D eigenvalue weighted by atomic mass is 16.1. The van der Waals surface area contributed by atoms with Crippen LogP contribution in [0.1, 0.15) is 20.3 Å². The van der Waals surface area contributed by atoms with Crippen LogP contribution in [-0.4, -0.2) is 28.0 Å². The summed E-state index contributed by atoms with van der Waals surface area (Å²) in [5.41, 5.74) is 1.70. The van der Waals surface area contributed by atoms with E-state index in [9.17, 15) is 4.79 Å². The number of nitrogens with zero attached hydrogens (tertiary/aromatic N) is 2. The number of rotatable bonds is 6. The topological polar surface area (TPSA) is 59.0 Å². The van der Waals surface area contributed by atoms with Gasteiger partial charge in [-0.05, 0) is 12.1 Å². The van der Waals surface area contributed by atoms with Crippen molar-refractivity contribution in [3.63, 3.8) is 0 Å². The lowest BCUT2D eigenvalue weighted by Crippen LogP contribution is -2.27. The average molecular weight is 272 g/mol. The zero-order chi connectivity index (χ0) is 14.4. The predicted octanol–water partition coefficient (Wildman–Crippen LogP) is 2.20. The van der Waals surface area contributed by atoms with Gasteiger partial charge in [-0.15, -0.1) is 0 Å². The summed E-state index contributed by atoms with van der Waals surface area (Å²) in [7, 11) is 0. The van der Waals surface area contributed by atoms with Crippen molar-refractivity contribution in [1.82, 2.24) is 14.9 Å². The second-order valence-electron chi connectivity index (χ2n) is 4.89. The van der Waals surface area contributed by atoms with Crippen LogP contribution in [-0.2, 0) is 4.79 Å². The minimum atomic E-state index is 0.00529. The first-order chi connectivity index (χ1) is 9.66. The fraction of sp³-hybridized carbons (Fsp3) is 0.333. The van der Waals surface area contributed by atoms with Gasteiger partial charge in [0, 0.05) is 31.4 Å². The summed E-state index contributed by atoms with van der Waals surface area (Å²) in [6, 6.07) is 8.07. The summed E-state index contributed by atoms with van der Waals surface area (Å²) >= 11 is 0. The molecule has 106 valence electrons. The van der Waals surface area contributed by atoms with Crippen LogP contribution in [0.15, 0.2) is 43.0 Å². The number of carbonyl (C=O) groups is 1. The van der Waals surface area contributed by atoms with Crippen molar-refractivity contribution < 1.29 is 4.79 Å². The molecule has 0 aliphatic rings. The van der Waals surface area contributed by atoms with E-state index in [1.54, 1.807) is 12.5 Å². The Morgan fingerprint density at radius 2 is 2.15 bits per heavy atom. The highest BCUT2D eigenvalue weighted by molar-refractivity contribution is 5.92. The molecule has 1 aromatic heterocycles. The third kappa shape index (κ3) is 3.93. The zero-order valence-electron chi connectivity index (χ0n) is 11.8. The Kier molecular flexibility index (Phi) is 4.90. The van der Waals surface area contributed by atoms with Gasteiger partial charge in [-0.2, -0.15) is 0 Å². The lowest BCUT2D eigenvalue weighted by Gasteiger charge is -2.12. The molecule has 0 bridgehead atoms. The van der Waals surface area contributed by atoms with Gasteiger partial charge in [0.2, 0.25) is 5.91 Å². The van der Waals surface area contributed by atoms with Crippen molar-refractivity contribution in [2.24, 2.45) is 0 Å². The molecule has 20 heavy (non-hydrogen) atoms. The van der Waals surface area contributed by atoms with E-state index in [0.717, 1.165) is 11.4 Å². The Hall–Kier alpha value is -2.14. The molecule has 1 heterocycles. The third-order valence-electron chi connectivity index (χ3n) is 2.87. The minimum absolute atomic E-state index is 0.00529. The second kappa shape index (κ2) is 6.86. The van der Waals surface area contributed by atoms with Crippen LogP contribution in [0.2, 0.25) is 0 Å². The molecule has 5 nitrogen and oxygen atoms in total. The number of para-hydroxylation sites is 2. The summed E-state index contributed by atoms with van der Waals surface area (Å²) in [5, 5.41) is 6.17. The lowest BCUT2D eigenvalue weighted by atomic mass is 10.2. The summed E-state index contributed by atoms with van der Waals surface area (Å²) < 4.78 is 1.88. The number of aromatic nitrogens is 2. The number of hydrogen-bond acceptors (Lipinski definition) is 3. The summed E-state index contributed by atoms with van der Waals surface area (Å²) in [5.74, 6) is 0.00529. The van der Waals surface area contributed by atoms with Crippen LogP contribution in [0.3, 0.4) is 0 Å². The van der Waals surface area contributed by atoms with Crippen LogP contribution in [0.25, 0.3) is 5.69 Å². The van der Waals surface area contributed by atoms with Gasteiger partial charge in [-0.25, -0.2) is 4.98 Å². The molecule has 2 aromatic rings. The van der Waals surface area contributed by atoms with Crippen LogP contribution >= 0.6 is 0 Å². The molecular formula is C15H20N4O. The monoisotopic (exact) mass is 272 g/mol. The third-order valence-corrected chi connectivity index (χ3v) is 2.87. The molecule has 0 fully saturated rings. The first kappa shape index (κ1) is 14.3. The molecule has 2 N–H and O–H groups in total. The highest BCUT2D eigenvalue weighted by Gasteiger charge is 2.07. The number of anilines is 1. The molecular weight excluding hydrogens is 252 g/mol. The SMILES string of the molecule is CC(C)NCCC(=O)Nc1ccccc1-n1ccnc1. The molecule has 0 atom stereocenters. The van der Waals surface area contributed by atoms with E-state index in [1.807, 2.05) is 35.0 Å². The first-order valence-electron chi connectivity index (χ1n) is 6.77. The maximum atomic E-state index is 11.9. The number of hydrogen-bond donors (Lipinski definition) is 2. The zero-order valence-corrected chi connectivity index (χ0v) is 11.8. The molecule has 1 aromatic carbocycles. The first-order valence-corrected chi connectivity index (χ1v) is 6.77. The van der Waals surface area contributed by atoms with Crippen molar-refractivity contribution in [1.29, 1.82) is 0 Å². The quantitative estimate of drug-likeness (QED) is 0.847. The Morgan fingerprint density at radius 3 is 2.85 bits per heavy atom. The fourth-order valence-corrected chi connectivity index (χ4v) is 1.89. The van der Waals surface area contributed by atoms with Crippen LogP contribution in [0.5, 0.6) is 0 Å². The van der Waals surface area contributed by atoms with E-state index in [1.165, 1.54) is 0 Å². The summed E-state index contributed by atoms with van der Waals surface area (Å²) in [4.78, 5) is 16.0. The van der Waals surface area contributed by atoms with E-state index >= 15 is 0 Å². The Balaban J connectivity index is 2.01. The fourth-order valence-electron chi connectivity index (χ4n) is 1.89. The van der Waals surface area contributed by atoms with Crippen molar-refractivity contribution >= 4 is 11.6 Å². The number of amides is 1. The maximum absolute atomic E-state index is 11.9. The molecule has 0 saturated carbocycles. The van der Waals surface area contributed by atoms with Gasteiger partial charge in [-0.1, -0.05) is 26.0 Å². The number of benzene rings is 1. The van der Waals surface area contributed by atoms with E-state index < -0.39 is 0 Å². The Morgan fingerprint density at radius 1 is 1.35 bits per heavy atom. The van der Waals surface area contributed by atoms with Gasteiger partial charge in [0.1, 0.15) is 0 Å². The van der Waals surface area contributed by atoms with E-state index in [0.29, 0.717) is 19.0 Å². The molecule has 0 radical (unpaired) electrons. The smallest absolute Gasteiger partial charge is 0.225 e. The largest absolute Gasteiger partial charge is 0.324 e. The van der Waals surface area contributed by atoms with Gasteiger partial charge in [-0.3, -0.25) is 4.79 Å². The van der Waals surface area contributed by atoms with E-state index in [-0.39, 0.29) is 5.91 Å². The van der Waals surface area contributed by atoms with Crippen molar-refractivity contribution in [3.8, 4) is 5.69 Å². The van der Waals surface area contributed by atoms with Gasteiger partial charge in [0.25, 0.3) is 0 Å². The predicted molar refractivity (Wildman–Crippen MR) is 79.9 cm³/mol. The van der Waals surface area contributed by atoms with Crippen molar-refractivity contribution in [3.05, 3.63) is 43.0 Å². The number of nitrogens with one attached hydrogen (secondary N) is 2. The van der Waals surface area contributed by atoms with Crippen molar-refractivity contribution in [2.75, 3.05) is 11.9 Å². The molecule has 0 aliphatic carbocycles. The minimum Gasteiger partial charge on any atom is -0.324 e. The number of imidazole rings is 1. The maximum Gasteiger partial charge on any atom is 0.225 e. The van der Waals surface area contributed by atoms with E-state index in [2.05, 4.69) is 29.5 Å². The molecule has 0 spiro atoms. The highest BCUT2D eigenvalue weighted by Crippen LogP contribution is 2.19. The summed E-state index contributed by atoms with van der Waals surface area (Å²) in [6.45, 7) is 4.80. The molecule has 2 rings (SSSR count). The Bertz CT molecular complexity index is 549. The Labute approximate surface area is 119 Å². The molecule has 0 aliphatic heterocycles. The van der Waals surface area contributed by atoms with Gasteiger partial charge in [0.05, 0.1) is 17.7 Å². The second-order valence-corrected chi connectivity index (χ2v) is 4.89. The average Bonchev–Trinajstić information content (AvgIpc) is 2.92. The van der Waals surface area contributed by atoms with Gasteiger partial charge in [0.15, 0.2) is 0 Å². The number of carbonyl (C=O) groups excluding carboxylic acids is 1. The summed E-state index contributed by atoms with van der Waals surface area (Å²) in [6.07, 6.45) is 5.73. The van der Waals surface area contributed by atoms with Crippen molar-refractivity contribution in [2.45, 2.75) is 26.3 Å². The lowest BCUT2D eigenvalue weighted by molar-refractivity contribution is -0.116. The molecule has 1 amide bonds. The van der Waals surface area contributed by atoms with Crippen LogP contribution in [0.4, 0.5) is 5.69 Å². The molecule has 0 saturated heterocycles. The van der Waals surface area contributed by atoms with E-state index in [4.69, 9.17) is 0 Å². The normalized spacial score (nSPS) is 10.8. The molecule has 5 heteroatoms. The van der Waals surface area contributed by atoms with Gasteiger partial charge < -0.3 is 15.2 Å².